The highest BCUT2D eigenvalue weighted by Gasteiger charge is 2.29. The maximum absolute atomic E-state index is 11.9. The van der Waals surface area contributed by atoms with E-state index in [0.29, 0.717) is 24.8 Å². The largest absolute Gasteiger partial charge is 0.444 e. The fourth-order valence-electron chi connectivity index (χ4n) is 2.13. The summed E-state index contributed by atoms with van der Waals surface area (Å²) < 4.78 is 5.17. The van der Waals surface area contributed by atoms with Crippen molar-refractivity contribution in [3.8, 4) is 0 Å². The second-order valence-electron chi connectivity index (χ2n) is 6.53. The molecule has 0 spiro atoms. The van der Waals surface area contributed by atoms with Gasteiger partial charge in [0.1, 0.15) is 11.6 Å². The predicted octanol–water partition coefficient (Wildman–Crippen LogP) is 2.06. The predicted molar refractivity (Wildman–Crippen MR) is 73.7 cm³/mol. The maximum atomic E-state index is 11.9. The molecular formula is C14H26N2O3. The van der Waals surface area contributed by atoms with Crippen molar-refractivity contribution < 1.29 is 14.3 Å². The highest BCUT2D eigenvalue weighted by Crippen LogP contribution is 2.20. The van der Waals surface area contributed by atoms with E-state index >= 15 is 0 Å². The van der Waals surface area contributed by atoms with Crippen LogP contribution in [0, 0.1) is 11.8 Å². The lowest BCUT2D eigenvalue weighted by atomic mass is 9.91. The van der Waals surface area contributed by atoms with Crippen molar-refractivity contribution in [3.05, 3.63) is 0 Å². The van der Waals surface area contributed by atoms with Crippen LogP contribution in [0.25, 0.3) is 0 Å². The summed E-state index contributed by atoms with van der Waals surface area (Å²) >= 11 is 0. The van der Waals surface area contributed by atoms with Crippen LogP contribution in [0.5, 0.6) is 0 Å². The molecule has 2 amide bonds. The molecule has 5 heteroatoms. The fourth-order valence-corrected chi connectivity index (χ4v) is 2.13. The molecule has 1 rings (SSSR count). The van der Waals surface area contributed by atoms with Gasteiger partial charge in [0.15, 0.2) is 0 Å². The number of rotatable bonds is 2. The lowest BCUT2D eigenvalue weighted by Gasteiger charge is -2.22. The first-order valence-corrected chi connectivity index (χ1v) is 6.96. The minimum absolute atomic E-state index is 0.117. The summed E-state index contributed by atoms with van der Waals surface area (Å²) in [4.78, 5) is 23.6. The first-order valence-electron chi connectivity index (χ1n) is 6.96. The van der Waals surface area contributed by atoms with E-state index in [9.17, 15) is 9.59 Å². The maximum Gasteiger partial charge on any atom is 0.408 e. The second-order valence-corrected chi connectivity index (χ2v) is 6.53. The molecule has 110 valence electrons. The molecule has 1 aliphatic rings. The summed E-state index contributed by atoms with van der Waals surface area (Å²) in [5, 5.41) is 5.54. The summed E-state index contributed by atoms with van der Waals surface area (Å²) in [5.74, 6) is 0.879. The van der Waals surface area contributed by atoms with E-state index in [1.165, 1.54) is 0 Å². The van der Waals surface area contributed by atoms with Crippen molar-refractivity contribution in [3.63, 3.8) is 0 Å². The number of hydrogen-bond donors (Lipinski definition) is 2. The molecule has 1 saturated heterocycles. The number of carbonyl (C=O) groups is 2. The number of carbonyl (C=O) groups excluding carboxylic acids is 2. The van der Waals surface area contributed by atoms with Gasteiger partial charge in [-0.3, -0.25) is 4.79 Å². The standard InChI is InChI=1S/C14H26N2O3/c1-9(2)10-6-7-11(12(17)15-8-10)16-13(18)19-14(3,4)5/h9-11H,6-8H2,1-5H3,(H,15,17)(H,16,18)/t10?,11-/m1/s1. The Hall–Kier alpha value is -1.26. The normalized spacial score (nSPS) is 24.6. The highest BCUT2D eigenvalue weighted by atomic mass is 16.6. The molecule has 2 atom stereocenters. The molecule has 2 N–H and O–H groups in total. The van der Waals surface area contributed by atoms with Crippen LogP contribution in [0.15, 0.2) is 0 Å². The number of alkyl carbamates (subject to hydrolysis) is 1. The highest BCUT2D eigenvalue weighted by molar-refractivity contribution is 5.85. The van der Waals surface area contributed by atoms with Crippen LogP contribution in [0.2, 0.25) is 0 Å². The molecule has 19 heavy (non-hydrogen) atoms. The van der Waals surface area contributed by atoms with Crippen LogP contribution >= 0.6 is 0 Å². The second kappa shape index (κ2) is 6.26. The summed E-state index contributed by atoms with van der Waals surface area (Å²) in [6, 6.07) is -0.487. The van der Waals surface area contributed by atoms with Crippen molar-refractivity contribution in [2.45, 2.75) is 59.1 Å². The number of ether oxygens (including phenoxy) is 1. The number of hydrogen-bond acceptors (Lipinski definition) is 3. The Balaban J connectivity index is 2.54. The van der Waals surface area contributed by atoms with E-state index in [1.807, 2.05) is 0 Å². The minimum Gasteiger partial charge on any atom is -0.444 e. The van der Waals surface area contributed by atoms with Gasteiger partial charge in [0, 0.05) is 6.54 Å². The van der Waals surface area contributed by atoms with Gasteiger partial charge in [0.2, 0.25) is 5.91 Å². The molecule has 0 aromatic rings. The topological polar surface area (TPSA) is 67.4 Å². The average molecular weight is 270 g/mol. The molecule has 5 nitrogen and oxygen atoms in total. The Morgan fingerprint density at radius 2 is 2.00 bits per heavy atom. The molecule has 1 aliphatic heterocycles. The third kappa shape index (κ3) is 5.49. The minimum atomic E-state index is -0.550. The first-order chi connectivity index (χ1) is 8.69. The third-order valence-corrected chi connectivity index (χ3v) is 3.31. The average Bonchev–Trinajstić information content (AvgIpc) is 2.39. The van der Waals surface area contributed by atoms with E-state index in [4.69, 9.17) is 4.74 Å². The Morgan fingerprint density at radius 3 is 2.53 bits per heavy atom. The Morgan fingerprint density at radius 1 is 1.37 bits per heavy atom. The summed E-state index contributed by atoms with van der Waals surface area (Å²) in [6.07, 6.45) is 1.06. The number of nitrogens with one attached hydrogen (secondary N) is 2. The molecular weight excluding hydrogens is 244 g/mol. The molecule has 1 fully saturated rings. The smallest absolute Gasteiger partial charge is 0.408 e. The van der Waals surface area contributed by atoms with Gasteiger partial charge in [-0.25, -0.2) is 4.79 Å². The van der Waals surface area contributed by atoms with Crippen molar-refractivity contribution in [1.29, 1.82) is 0 Å². The molecule has 0 saturated carbocycles. The summed E-state index contributed by atoms with van der Waals surface area (Å²) in [5.41, 5.74) is -0.550. The van der Waals surface area contributed by atoms with Gasteiger partial charge in [-0.15, -0.1) is 0 Å². The van der Waals surface area contributed by atoms with Crippen molar-refractivity contribution >= 4 is 12.0 Å². The first kappa shape index (κ1) is 15.8. The van der Waals surface area contributed by atoms with Gasteiger partial charge >= 0.3 is 6.09 Å². The van der Waals surface area contributed by atoms with E-state index in [2.05, 4.69) is 24.5 Å². The zero-order valence-electron chi connectivity index (χ0n) is 12.6. The molecule has 0 aromatic heterocycles. The van der Waals surface area contributed by atoms with Crippen LogP contribution in [0.1, 0.15) is 47.5 Å². The van der Waals surface area contributed by atoms with E-state index < -0.39 is 17.7 Å². The van der Waals surface area contributed by atoms with Gasteiger partial charge in [0.25, 0.3) is 0 Å². The molecule has 0 aliphatic carbocycles. The summed E-state index contributed by atoms with van der Waals surface area (Å²) in [7, 11) is 0. The summed E-state index contributed by atoms with van der Waals surface area (Å²) in [6.45, 7) is 10.4. The quantitative estimate of drug-likeness (QED) is 0.807. The van der Waals surface area contributed by atoms with Gasteiger partial charge in [-0.05, 0) is 45.4 Å². The Labute approximate surface area is 115 Å². The van der Waals surface area contributed by atoms with E-state index in [-0.39, 0.29) is 5.91 Å². The number of amides is 2. The van der Waals surface area contributed by atoms with Crippen molar-refractivity contribution in [2.24, 2.45) is 11.8 Å². The third-order valence-electron chi connectivity index (χ3n) is 3.31. The van der Waals surface area contributed by atoms with Gasteiger partial charge < -0.3 is 15.4 Å². The molecule has 1 unspecified atom stereocenters. The molecule has 1 heterocycles. The van der Waals surface area contributed by atoms with E-state index in [1.54, 1.807) is 20.8 Å². The molecule has 0 radical (unpaired) electrons. The lowest BCUT2D eigenvalue weighted by molar-refractivity contribution is -0.122. The van der Waals surface area contributed by atoms with Crippen molar-refractivity contribution in [2.75, 3.05) is 6.54 Å². The molecule has 0 aromatic carbocycles. The van der Waals surface area contributed by atoms with Gasteiger partial charge in [-0.2, -0.15) is 0 Å². The fraction of sp³-hybridized carbons (Fsp3) is 0.857. The zero-order chi connectivity index (χ0) is 14.6. The van der Waals surface area contributed by atoms with Crippen LogP contribution in [-0.2, 0) is 9.53 Å². The Kier molecular flexibility index (Phi) is 5.20. The van der Waals surface area contributed by atoms with E-state index in [0.717, 1.165) is 6.42 Å². The van der Waals surface area contributed by atoms with Crippen LogP contribution in [0.4, 0.5) is 4.79 Å². The zero-order valence-corrected chi connectivity index (χ0v) is 12.6. The SMILES string of the molecule is CC(C)C1CC[C@@H](NC(=O)OC(C)(C)C)C(=O)NC1. The lowest BCUT2D eigenvalue weighted by Crippen LogP contribution is -2.47. The van der Waals surface area contributed by atoms with Gasteiger partial charge in [0.05, 0.1) is 0 Å². The van der Waals surface area contributed by atoms with Crippen molar-refractivity contribution in [1.82, 2.24) is 10.6 Å². The Bertz CT molecular complexity index is 334. The molecule has 0 bridgehead atoms. The monoisotopic (exact) mass is 270 g/mol. The van der Waals surface area contributed by atoms with Crippen LogP contribution < -0.4 is 10.6 Å². The van der Waals surface area contributed by atoms with Crippen LogP contribution in [-0.4, -0.2) is 30.2 Å². The van der Waals surface area contributed by atoms with Gasteiger partial charge in [-0.1, -0.05) is 13.8 Å². The van der Waals surface area contributed by atoms with Crippen LogP contribution in [0.3, 0.4) is 0 Å².